The van der Waals surface area contributed by atoms with Gasteiger partial charge in [0.05, 0.1) is 30.6 Å². The number of halogens is 3. The van der Waals surface area contributed by atoms with E-state index in [2.05, 4.69) is 10.3 Å². The molecule has 10 nitrogen and oxygen atoms in total. The number of ketones is 1. The molecule has 0 saturated carbocycles. The SMILES string of the molecule is COC(=O)N[C@H](C(=O)C[C@H](c1ccc([C@@H](CO)N(CCC(C)(C)C)S(=O)(=O)c2ccc3ocnc3c2)s1)C(F)(F)F)C(c1ccccc1)c1ccccc1. The number of thiophene rings is 1. The van der Waals surface area contributed by atoms with Gasteiger partial charge >= 0.3 is 12.3 Å². The number of nitrogens with zero attached hydrogens (tertiary/aromatic N) is 2. The summed E-state index contributed by atoms with van der Waals surface area (Å²) in [4.78, 5) is 30.6. The maximum atomic E-state index is 15.0. The van der Waals surface area contributed by atoms with Gasteiger partial charge in [0.25, 0.3) is 0 Å². The molecular formula is C39H42F3N3O7S2. The number of alkyl carbamates (subject to hydrolysis) is 1. The zero-order chi connectivity index (χ0) is 39.3. The van der Waals surface area contributed by atoms with Gasteiger partial charge in [-0.2, -0.15) is 17.5 Å². The van der Waals surface area contributed by atoms with Crippen molar-refractivity contribution in [1.82, 2.24) is 14.6 Å². The largest absolute Gasteiger partial charge is 0.453 e. The molecule has 288 valence electrons. The van der Waals surface area contributed by atoms with Gasteiger partial charge in [0.1, 0.15) is 11.6 Å². The van der Waals surface area contributed by atoms with E-state index >= 15 is 0 Å². The Balaban J connectivity index is 1.52. The van der Waals surface area contributed by atoms with Gasteiger partial charge in [-0.1, -0.05) is 81.4 Å². The van der Waals surface area contributed by atoms with Crippen LogP contribution in [0.3, 0.4) is 0 Å². The summed E-state index contributed by atoms with van der Waals surface area (Å²) in [7, 11) is -3.23. The van der Waals surface area contributed by atoms with E-state index in [-0.39, 0.29) is 26.6 Å². The fourth-order valence-corrected chi connectivity index (χ4v) is 9.15. The number of carbonyl (C=O) groups is 2. The van der Waals surface area contributed by atoms with Crippen molar-refractivity contribution in [3.8, 4) is 0 Å². The number of carbonyl (C=O) groups excluding carboxylic acids is 2. The molecule has 5 rings (SSSR count). The van der Waals surface area contributed by atoms with Crippen LogP contribution in [0.25, 0.3) is 11.1 Å². The average Bonchev–Trinajstić information content (AvgIpc) is 3.81. The van der Waals surface area contributed by atoms with Crippen LogP contribution in [0.4, 0.5) is 18.0 Å². The maximum absolute atomic E-state index is 15.0. The van der Waals surface area contributed by atoms with Gasteiger partial charge in [-0.25, -0.2) is 18.2 Å². The molecule has 54 heavy (non-hydrogen) atoms. The van der Waals surface area contributed by atoms with Crippen LogP contribution < -0.4 is 5.32 Å². The van der Waals surface area contributed by atoms with Crippen LogP contribution >= 0.6 is 11.3 Å². The number of Topliss-reactive ketones (excluding diaryl/α,β-unsaturated/α-hetero) is 1. The van der Waals surface area contributed by atoms with E-state index < -0.39 is 65.0 Å². The van der Waals surface area contributed by atoms with Crippen molar-refractivity contribution in [2.45, 2.75) is 68.6 Å². The highest BCUT2D eigenvalue weighted by molar-refractivity contribution is 7.89. The number of hydrogen-bond donors (Lipinski definition) is 2. The van der Waals surface area contributed by atoms with Crippen molar-refractivity contribution in [3.05, 3.63) is 118 Å². The summed E-state index contributed by atoms with van der Waals surface area (Å²) < 4.78 is 84.5. The molecule has 0 saturated heterocycles. The van der Waals surface area contributed by atoms with Crippen LogP contribution in [0.5, 0.6) is 0 Å². The standard InChI is InChI=1S/C39H42F3N3O7S2/c1-38(2,3)19-20-45(54(49,50)27-15-16-32-29(21-27)43-24-52-32)30(23-46)34-18-17-33(53-34)28(39(40,41)42)22-31(47)36(44-37(48)51-4)35(25-11-7-5-8-12-25)26-13-9-6-10-14-26/h5-18,21,24,28,30,35-36,46H,19-20,22-23H2,1-4H3,(H,44,48)/t28-,30-,36-/m1/s1. The summed E-state index contributed by atoms with van der Waals surface area (Å²) in [5.74, 6) is -4.07. The number of rotatable bonds is 15. The number of aromatic nitrogens is 1. The minimum Gasteiger partial charge on any atom is -0.453 e. The topological polar surface area (TPSA) is 139 Å². The molecule has 2 aromatic heterocycles. The third kappa shape index (κ3) is 9.56. The van der Waals surface area contributed by atoms with E-state index in [0.717, 1.165) is 11.4 Å². The Morgan fingerprint density at radius 3 is 2.11 bits per heavy atom. The minimum atomic E-state index is -4.91. The molecule has 0 radical (unpaired) electrons. The van der Waals surface area contributed by atoms with Crippen LogP contribution in [-0.2, 0) is 19.6 Å². The van der Waals surface area contributed by atoms with Gasteiger partial charge in [0.15, 0.2) is 17.8 Å². The second-order valence-corrected chi connectivity index (χ2v) is 17.1. The first-order valence-electron chi connectivity index (χ1n) is 17.1. The fraction of sp³-hybridized carbons (Fsp3) is 0.359. The number of hydrogen-bond acceptors (Lipinski definition) is 9. The molecule has 0 aliphatic heterocycles. The van der Waals surface area contributed by atoms with E-state index in [9.17, 15) is 36.3 Å². The molecule has 5 aromatic rings. The van der Waals surface area contributed by atoms with Crippen molar-refractivity contribution in [2.24, 2.45) is 5.41 Å². The number of fused-ring (bicyclic) bond motifs is 1. The van der Waals surface area contributed by atoms with Crippen LogP contribution in [0.2, 0.25) is 0 Å². The van der Waals surface area contributed by atoms with E-state index in [1.807, 2.05) is 20.8 Å². The van der Waals surface area contributed by atoms with Crippen LogP contribution in [-0.4, -0.2) is 67.2 Å². The summed E-state index contributed by atoms with van der Waals surface area (Å²) in [6, 6.07) is 21.3. The lowest BCUT2D eigenvalue weighted by Gasteiger charge is -2.31. The number of sulfonamides is 1. The van der Waals surface area contributed by atoms with Crippen LogP contribution in [0, 0.1) is 5.41 Å². The van der Waals surface area contributed by atoms with Crippen molar-refractivity contribution < 1.29 is 45.4 Å². The lowest BCUT2D eigenvalue weighted by molar-refractivity contribution is -0.156. The molecule has 2 heterocycles. The minimum absolute atomic E-state index is 0.0520. The van der Waals surface area contributed by atoms with Gasteiger partial charge in [0.2, 0.25) is 10.0 Å². The average molecular weight is 786 g/mol. The van der Waals surface area contributed by atoms with Crippen LogP contribution in [0.1, 0.15) is 72.4 Å². The molecule has 2 N–H and O–H groups in total. The predicted molar refractivity (Wildman–Crippen MR) is 199 cm³/mol. The van der Waals surface area contributed by atoms with Crippen molar-refractivity contribution in [2.75, 3.05) is 20.3 Å². The number of alkyl halides is 3. The van der Waals surface area contributed by atoms with Crippen LogP contribution in [0.15, 0.2) is 107 Å². The molecule has 0 spiro atoms. The quantitative estimate of drug-likeness (QED) is 0.108. The third-order valence-electron chi connectivity index (χ3n) is 9.09. The first kappa shape index (κ1) is 40.6. The zero-order valence-electron chi connectivity index (χ0n) is 30.1. The Bertz CT molecular complexity index is 2090. The van der Waals surface area contributed by atoms with Crippen molar-refractivity contribution in [1.29, 1.82) is 0 Å². The zero-order valence-corrected chi connectivity index (χ0v) is 31.7. The monoisotopic (exact) mass is 785 g/mol. The Morgan fingerprint density at radius 2 is 1.56 bits per heavy atom. The van der Waals surface area contributed by atoms with Gasteiger partial charge < -0.3 is 19.6 Å². The molecule has 3 atom stereocenters. The molecule has 0 fully saturated rings. The summed E-state index contributed by atoms with van der Waals surface area (Å²) in [5, 5.41) is 13.2. The Kier molecular flexibility index (Phi) is 12.7. The summed E-state index contributed by atoms with van der Waals surface area (Å²) in [5.41, 5.74) is 1.51. The number of methoxy groups -OCH3 is 1. The molecule has 0 aliphatic carbocycles. The van der Waals surface area contributed by atoms with Gasteiger partial charge in [0, 0.05) is 28.6 Å². The third-order valence-corrected chi connectivity index (χ3v) is 12.3. The van der Waals surface area contributed by atoms with Gasteiger partial charge in [-0.15, -0.1) is 11.3 Å². The second-order valence-electron chi connectivity index (χ2n) is 14.0. The second kappa shape index (κ2) is 16.8. The lowest BCUT2D eigenvalue weighted by Crippen LogP contribution is -2.46. The highest BCUT2D eigenvalue weighted by Gasteiger charge is 2.46. The highest BCUT2D eigenvalue weighted by Crippen LogP contribution is 2.44. The normalized spacial score (nSPS) is 14.3. The predicted octanol–water partition coefficient (Wildman–Crippen LogP) is 8.21. The Morgan fingerprint density at radius 1 is 0.944 bits per heavy atom. The number of amides is 1. The van der Waals surface area contributed by atoms with E-state index in [1.165, 1.54) is 36.7 Å². The first-order valence-corrected chi connectivity index (χ1v) is 19.4. The summed E-state index contributed by atoms with van der Waals surface area (Å²) in [6.07, 6.45) is -5.39. The smallest absolute Gasteiger partial charge is 0.407 e. The molecule has 0 aliphatic rings. The van der Waals surface area contributed by atoms with E-state index in [4.69, 9.17) is 9.15 Å². The number of benzene rings is 3. The molecule has 0 bridgehead atoms. The summed E-state index contributed by atoms with van der Waals surface area (Å²) in [6.45, 7) is 4.98. The maximum Gasteiger partial charge on any atom is 0.407 e. The Hall–Kier alpha value is -4.57. The summed E-state index contributed by atoms with van der Waals surface area (Å²) >= 11 is 0.673. The fourth-order valence-electron chi connectivity index (χ4n) is 6.22. The molecule has 15 heteroatoms. The van der Waals surface area contributed by atoms with Gasteiger partial charge in [-0.05, 0) is 53.3 Å². The molecule has 3 aromatic carbocycles. The Labute approximate surface area is 316 Å². The number of aliphatic hydroxyl groups excluding tert-OH is 1. The number of oxazole rings is 1. The van der Waals surface area contributed by atoms with Gasteiger partial charge in [-0.3, -0.25) is 4.79 Å². The lowest BCUT2D eigenvalue weighted by atomic mass is 9.81. The van der Waals surface area contributed by atoms with Crippen molar-refractivity contribution in [3.63, 3.8) is 0 Å². The number of aliphatic hydroxyl groups is 1. The number of nitrogens with one attached hydrogen (secondary N) is 1. The van der Waals surface area contributed by atoms with E-state index in [0.29, 0.717) is 40.0 Å². The first-order chi connectivity index (χ1) is 25.5. The highest BCUT2D eigenvalue weighted by atomic mass is 32.2. The molecular weight excluding hydrogens is 744 g/mol. The molecule has 0 unspecified atom stereocenters. The van der Waals surface area contributed by atoms with Crippen molar-refractivity contribution >= 4 is 44.3 Å². The molecule has 1 amide bonds. The number of ether oxygens (including phenoxy) is 1. The van der Waals surface area contributed by atoms with E-state index in [1.54, 1.807) is 60.7 Å².